The van der Waals surface area contributed by atoms with Gasteiger partial charge in [-0.05, 0) is 69.2 Å². The Bertz CT molecular complexity index is 1050. The number of hydrogen-bond donors (Lipinski definition) is 0. The molecule has 0 bridgehead atoms. The first kappa shape index (κ1) is 30.4. The molecule has 5 nitrogen and oxygen atoms in total. The lowest BCUT2D eigenvalue weighted by molar-refractivity contribution is -0.156. The van der Waals surface area contributed by atoms with Crippen LogP contribution in [0.2, 0.25) is 0 Å². The van der Waals surface area contributed by atoms with Gasteiger partial charge in [0.2, 0.25) is 0 Å². The summed E-state index contributed by atoms with van der Waals surface area (Å²) in [7, 11) is 1.66. The van der Waals surface area contributed by atoms with E-state index < -0.39 is 5.60 Å². The minimum Gasteiger partial charge on any atom is -0.497 e. The highest BCUT2D eigenvalue weighted by Crippen LogP contribution is 2.39. The van der Waals surface area contributed by atoms with Crippen molar-refractivity contribution in [3.8, 4) is 5.75 Å². The molecule has 0 N–H and O–H groups in total. The molecule has 2 rings (SSSR count). The van der Waals surface area contributed by atoms with Crippen molar-refractivity contribution in [1.29, 1.82) is 0 Å². The molecular formula is C31H41BrN2O3. The van der Waals surface area contributed by atoms with Crippen LogP contribution in [-0.4, -0.2) is 43.2 Å². The SMILES string of the molecule is C=CCN(CC=C)c1ccc(Br)cc1[C@H](CC(=O)OC(C)(C)C)N(CC=C)[C@H](C)c1ccc(OC)cc1. The van der Waals surface area contributed by atoms with E-state index in [4.69, 9.17) is 9.47 Å². The van der Waals surface area contributed by atoms with Crippen LogP contribution in [0.15, 0.2) is 84.9 Å². The summed E-state index contributed by atoms with van der Waals surface area (Å²) < 4.78 is 12.1. The molecule has 0 radical (unpaired) electrons. The van der Waals surface area contributed by atoms with Crippen molar-refractivity contribution in [2.75, 3.05) is 31.6 Å². The van der Waals surface area contributed by atoms with E-state index >= 15 is 0 Å². The van der Waals surface area contributed by atoms with Crippen molar-refractivity contribution in [3.63, 3.8) is 0 Å². The van der Waals surface area contributed by atoms with E-state index in [2.05, 4.69) is 76.7 Å². The smallest absolute Gasteiger partial charge is 0.308 e. The number of hydrogen-bond acceptors (Lipinski definition) is 5. The molecule has 37 heavy (non-hydrogen) atoms. The second-order valence-electron chi connectivity index (χ2n) is 9.93. The van der Waals surface area contributed by atoms with Gasteiger partial charge in [-0.1, -0.05) is 46.3 Å². The average molecular weight is 570 g/mol. The second-order valence-corrected chi connectivity index (χ2v) is 10.8. The van der Waals surface area contributed by atoms with Crippen LogP contribution in [0.5, 0.6) is 5.75 Å². The zero-order chi connectivity index (χ0) is 27.6. The Balaban J connectivity index is 2.68. The zero-order valence-electron chi connectivity index (χ0n) is 22.9. The van der Waals surface area contributed by atoms with E-state index in [1.807, 2.05) is 57.2 Å². The van der Waals surface area contributed by atoms with E-state index in [0.717, 1.165) is 27.0 Å². The summed E-state index contributed by atoms with van der Waals surface area (Å²) in [5, 5.41) is 0. The predicted octanol–water partition coefficient (Wildman–Crippen LogP) is 7.66. The lowest BCUT2D eigenvalue weighted by atomic mass is 9.95. The fourth-order valence-corrected chi connectivity index (χ4v) is 4.77. The minimum atomic E-state index is -0.579. The van der Waals surface area contributed by atoms with E-state index in [1.165, 1.54) is 0 Å². The third kappa shape index (κ3) is 8.90. The van der Waals surface area contributed by atoms with Crippen LogP contribution in [-0.2, 0) is 9.53 Å². The molecule has 0 aliphatic carbocycles. The molecule has 2 atom stereocenters. The van der Waals surface area contributed by atoms with Gasteiger partial charge < -0.3 is 14.4 Å². The number of ether oxygens (including phenoxy) is 2. The molecule has 0 spiro atoms. The number of methoxy groups -OCH3 is 1. The Kier molecular flexibility index (Phi) is 11.7. The molecule has 2 aromatic rings. The molecule has 0 unspecified atom stereocenters. The molecule has 200 valence electrons. The van der Waals surface area contributed by atoms with E-state index in [1.54, 1.807) is 7.11 Å². The van der Waals surface area contributed by atoms with Crippen LogP contribution in [0.3, 0.4) is 0 Å². The Hall–Kier alpha value is -2.83. The number of rotatable bonds is 14. The van der Waals surface area contributed by atoms with Gasteiger partial charge in [0.25, 0.3) is 0 Å². The maximum absolute atomic E-state index is 13.3. The Morgan fingerprint density at radius 1 is 1.00 bits per heavy atom. The maximum Gasteiger partial charge on any atom is 0.308 e. The van der Waals surface area contributed by atoms with Crippen molar-refractivity contribution in [3.05, 3.63) is 96.0 Å². The van der Waals surface area contributed by atoms with Gasteiger partial charge in [0.05, 0.1) is 13.5 Å². The molecule has 0 saturated heterocycles. The highest BCUT2D eigenvalue weighted by Gasteiger charge is 2.32. The summed E-state index contributed by atoms with van der Waals surface area (Å²) in [6, 6.07) is 13.9. The topological polar surface area (TPSA) is 42.0 Å². The van der Waals surface area contributed by atoms with Crippen molar-refractivity contribution < 1.29 is 14.3 Å². The third-order valence-electron chi connectivity index (χ3n) is 6.00. The van der Waals surface area contributed by atoms with Crippen LogP contribution >= 0.6 is 15.9 Å². The number of nitrogens with zero attached hydrogens (tertiary/aromatic N) is 2. The first-order valence-corrected chi connectivity index (χ1v) is 13.3. The van der Waals surface area contributed by atoms with E-state index in [-0.39, 0.29) is 24.5 Å². The maximum atomic E-state index is 13.3. The number of esters is 1. The summed E-state index contributed by atoms with van der Waals surface area (Å²) in [5.41, 5.74) is 2.57. The van der Waals surface area contributed by atoms with Gasteiger partial charge >= 0.3 is 5.97 Å². The number of benzene rings is 2. The van der Waals surface area contributed by atoms with E-state index in [0.29, 0.717) is 19.6 Å². The van der Waals surface area contributed by atoms with Crippen LogP contribution in [0.1, 0.15) is 57.3 Å². The quantitative estimate of drug-likeness (QED) is 0.173. The van der Waals surface area contributed by atoms with Crippen molar-refractivity contribution >= 4 is 27.6 Å². The standard InChI is InChI=1S/C31H41BrN2O3/c1-9-18-33(19-10-2)28-17-14-25(32)21-27(28)29(22-30(35)37-31(5,6)7)34(20-11-3)23(4)24-12-15-26(36-8)16-13-24/h9-17,21,23,29H,1-3,18-20,22H2,4-8H3/t23-,29+/m1/s1. The number of carbonyl (C=O) groups excluding carboxylic acids is 1. The molecule has 0 aliphatic rings. The van der Waals surface area contributed by atoms with Crippen LogP contribution in [0, 0.1) is 0 Å². The zero-order valence-corrected chi connectivity index (χ0v) is 24.5. The highest BCUT2D eigenvalue weighted by molar-refractivity contribution is 9.10. The lowest BCUT2D eigenvalue weighted by Gasteiger charge is -2.38. The number of anilines is 1. The molecule has 0 amide bonds. The fraction of sp³-hybridized carbons (Fsp3) is 0.387. The van der Waals surface area contributed by atoms with Gasteiger partial charge in [-0.2, -0.15) is 0 Å². The van der Waals surface area contributed by atoms with Gasteiger partial charge in [0, 0.05) is 41.9 Å². The molecule has 0 heterocycles. The summed E-state index contributed by atoms with van der Waals surface area (Å²) in [5.74, 6) is 0.550. The summed E-state index contributed by atoms with van der Waals surface area (Å²) in [6.45, 7) is 21.6. The molecule has 0 aliphatic heterocycles. The monoisotopic (exact) mass is 568 g/mol. The normalized spacial score (nSPS) is 12.9. The van der Waals surface area contributed by atoms with Crippen molar-refractivity contribution in [2.24, 2.45) is 0 Å². The van der Waals surface area contributed by atoms with Gasteiger partial charge in [0.15, 0.2) is 0 Å². The lowest BCUT2D eigenvalue weighted by Crippen LogP contribution is -2.36. The van der Waals surface area contributed by atoms with E-state index in [9.17, 15) is 4.79 Å². The predicted molar refractivity (Wildman–Crippen MR) is 158 cm³/mol. The Morgan fingerprint density at radius 2 is 1.59 bits per heavy atom. The van der Waals surface area contributed by atoms with Crippen LogP contribution < -0.4 is 9.64 Å². The van der Waals surface area contributed by atoms with Gasteiger partial charge in [-0.3, -0.25) is 9.69 Å². The molecular weight excluding hydrogens is 528 g/mol. The minimum absolute atomic E-state index is 0.0181. The summed E-state index contributed by atoms with van der Waals surface area (Å²) in [4.78, 5) is 17.8. The van der Waals surface area contributed by atoms with Crippen LogP contribution in [0.4, 0.5) is 5.69 Å². The Labute approximate surface area is 231 Å². The van der Waals surface area contributed by atoms with Crippen molar-refractivity contribution in [2.45, 2.75) is 51.8 Å². The van der Waals surface area contributed by atoms with Gasteiger partial charge in [-0.15, -0.1) is 19.7 Å². The van der Waals surface area contributed by atoms with Crippen LogP contribution in [0.25, 0.3) is 0 Å². The first-order valence-electron chi connectivity index (χ1n) is 12.5. The molecule has 0 saturated carbocycles. The molecule has 6 heteroatoms. The second kappa shape index (κ2) is 14.2. The first-order chi connectivity index (χ1) is 17.5. The third-order valence-corrected chi connectivity index (χ3v) is 6.50. The van der Waals surface area contributed by atoms with Gasteiger partial charge in [0.1, 0.15) is 11.4 Å². The number of carbonyl (C=O) groups is 1. The van der Waals surface area contributed by atoms with Crippen molar-refractivity contribution in [1.82, 2.24) is 4.90 Å². The Morgan fingerprint density at radius 3 is 2.11 bits per heavy atom. The highest BCUT2D eigenvalue weighted by atomic mass is 79.9. The number of halogens is 1. The molecule has 0 fully saturated rings. The molecule has 2 aromatic carbocycles. The largest absolute Gasteiger partial charge is 0.497 e. The summed E-state index contributed by atoms with van der Waals surface area (Å²) >= 11 is 3.67. The average Bonchev–Trinajstić information content (AvgIpc) is 2.84. The summed E-state index contributed by atoms with van der Waals surface area (Å²) in [6.07, 6.45) is 5.81. The molecule has 0 aromatic heterocycles. The fourth-order valence-electron chi connectivity index (χ4n) is 4.39. The van der Waals surface area contributed by atoms with Gasteiger partial charge in [-0.25, -0.2) is 0 Å².